The predicted octanol–water partition coefficient (Wildman–Crippen LogP) is 2.82. The highest BCUT2D eigenvalue weighted by atomic mass is 14.7. The number of hydrogen-bond donors (Lipinski definition) is 1. The molecule has 70 valence electrons. The molecule has 0 saturated carbocycles. The van der Waals surface area contributed by atoms with Crippen molar-refractivity contribution in [2.45, 2.75) is 26.6 Å². The van der Waals surface area contributed by atoms with Gasteiger partial charge in [-0.1, -0.05) is 20.4 Å². The van der Waals surface area contributed by atoms with E-state index in [1.165, 1.54) is 12.3 Å². The van der Waals surface area contributed by atoms with E-state index in [2.05, 4.69) is 4.98 Å². The van der Waals surface area contributed by atoms with E-state index in [0.29, 0.717) is 5.69 Å². The Morgan fingerprint density at radius 2 is 2.54 bits per heavy atom. The average molecular weight is 181 g/mol. The Labute approximate surface area is 86.5 Å². The van der Waals surface area contributed by atoms with Gasteiger partial charge < -0.3 is 5.73 Å². The lowest BCUT2D eigenvalue weighted by molar-refractivity contribution is 0.826. The van der Waals surface area contributed by atoms with Crippen molar-refractivity contribution < 1.29 is 6.85 Å². The highest BCUT2D eigenvalue weighted by molar-refractivity contribution is 5.73. The van der Waals surface area contributed by atoms with Crippen molar-refractivity contribution >= 4 is 11.3 Å². The Morgan fingerprint density at radius 3 is 3.08 bits per heavy atom. The number of allylic oxidation sites excluding steroid dienone is 1. The van der Waals surface area contributed by atoms with E-state index in [0.717, 1.165) is 0 Å². The molecule has 1 aromatic heterocycles. The number of anilines is 1. The van der Waals surface area contributed by atoms with Crippen LogP contribution in [0.3, 0.4) is 0 Å². The van der Waals surface area contributed by atoms with Crippen molar-refractivity contribution in [3.05, 3.63) is 30.1 Å². The van der Waals surface area contributed by atoms with Crippen LogP contribution in [0.15, 0.2) is 18.8 Å². The van der Waals surface area contributed by atoms with Gasteiger partial charge in [0.2, 0.25) is 0 Å². The minimum Gasteiger partial charge on any atom is -0.397 e. The predicted molar refractivity (Wildman–Crippen MR) is 57.4 cm³/mol. The van der Waals surface area contributed by atoms with Gasteiger partial charge in [0.15, 0.2) is 0 Å². The van der Waals surface area contributed by atoms with E-state index in [4.69, 9.17) is 12.6 Å². The van der Waals surface area contributed by atoms with Gasteiger partial charge in [0.05, 0.1) is 14.1 Å². The molecule has 1 heterocycles. The molecule has 0 aliphatic rings. The van der Waals surface area contributed by atoms with Crippen molar-refractivity contribution in [2.75, 3.05) is 5.73 Å². The third-order valence-corrected chi connectivity index (χ3v) is 1.84. The number of nitrogen functional groups attached to an aromatic ring is 1. The summed E-state index contributed by atoms with van der Waals surface area (Å²) in [5.74, 6) is 0.0442. The first-order valence-corrected chi connectivity index (χ1v) is 4.09. The van der Waals surface area contributed by atoms with Crippen LogP contribution in [0.5, 0.6) is 0 Å². The molecule has 0 bridgehead atoms. The lowest BCUT2D eigenvalue weighted by atomic mass is 10.0. The van der Waals surface area contributed by atoms with Crippen molar-refractivity contribution in [1.29, 1.82) is 0 Å². The highest BCUT2D eigenvalue weighted by Crippen LogP contribution is 2.26. The van der Waals surface area contributed by atoms with Crippen LogP contribution in [-0.4, -0.2) is 4.98 Å². The summed E-state index contributed by atoms with van der Waals surface area (Å²) in [5, 5.41) is 0. The van der Waals surface area contributed by atoms with E-state index in [9.17, 15) is 0 Å². The molecule has 1 rings (SSSR count). The second kappa shape index (κ2) is 3.60. The van der Waals surface area contributed by atoms with Gasteiger partial charge in [-0.15, -0.1) is 0 Å². The summed E-state index contributed by atoms with van der Waals surface area (Å²) in [4.78, 5) is 4.11. The van der Waals surface area contributed by atoms with Crippen LogP contribution in [0.2, 0.25) is 0 Å². The van der Waals surface area contributed by atoms with Gasteiger partial charge in [0.1, 0.15) is 0 Å². The summed E-state index contributed by atoms with van der Waals surface area (Å²) in [5.41, 5.74) is 6.58. The zero-order valence-electron chi connectivity index (χ0n) is 12.8. The number of rotatable bonds is 2. The fourth-order valence-electron chi connectivity index (χ4n) is 1.17. The van der Waals surface area contributed by atoms with Crippen LogP contribution in [0, 0.1) is 0 Å². The summed E-state index contributed by atoms with van der Waals surface area (Å²) in [6.45, 7) is 0.498. The summed E-state index contributed by atoms with van der Waals surface area (Å²) in [6, 6.07) is 1.44. The fraction of sp³-hybridized carbons (Fsp3) is 0.364. The number of nitrogens with zero attached hydrogens (tertiary/aromatic N) is 1. The summed E-state index contributed by atoms with van der Waals surface area (Å²) < 4.78 is 36.8. The summed E-state index contributed by atoms with van der Waals surface area (Å²) in [7, 11) is 0. The summed E-state index contributed by atoms with van der Waals surface area (Å²) in [6.07, 6.45) is 1.45. The molecule has 0 amide bonds. The molecule has 0 fully saturated rings. The Balaban J connectivity index is 3.51. The lowest BCUT2D eigenvalue weighted by Crippen LogP contribution is -2.02. The van der Waals surface area contributed by atoms with Crippen molar-refractivity contribution in [2.24, 2.45) is 0 Å². The molecule has 2 heteroatoms. The standard InChI is InChI=1S/C11H16N2/c1-7(2)9-5-6-13-11(8(3)4)10(9)12/h5-6,8H,1,12H2,2-4H3/i1D2,2D3. The number of hydrogen-bond acceptors (Lipinski definition) is 2. The smallest absolute Gasteiger partial charge is 0.0664 e. The van der Waals surface area contributed by atoms with Gasteiger partial charge >= 0.3 is 0 Å². The maximum Gasteiger partial charge on any atom is 0.0664 e. The first-order chi connectivity index (χ1) is 8.16. The Bertz CT molecular complexity index is 473. The molecule has 0 radical (unpaired) electrons. The van der Waals surface area contributed by atoms with Crippen LogP contribution in [0.25, 0.3) is 5.57 Å². The average Bonchev–Trinajstić information content (AvgIpc) is 2.17. The van der Waals surface area contributed by atoms with Gasteiger partial charge in [-0.2, -0.15) is 0 Å². The maximum absolute atomic E-state index is 7.39. The van der Waals surface area contributed by atoms with Gasteiger partial charge in [-0.3, -0.25) is 4.98 Å². The molecule has 2 nitrogen and oxygen atoms in total. The fourth-order valence-corrected chi connectivity index (χ4v) is 1.17. The molecule has 0 aliphatic carbocycles. The molecule has 0 atom stereocenters. The minimum absolute atomic E-state index is 0.0442. The Kier molecular flexibility index (Phi) is 1.33. The minimum atomic E-state index is -2.54. The number of aromatic nitrogens is 1. The third-order valence-electron chi connectivity index (χ3n) is 1.84. The monoisotopic (exact) mass is 181 g/mol. The van der Waals surface area contributed by atoms with E-state index in [-0.39, 0.29) is 22.7 Å². The van der Waals surface area contributed by atoms with Crippen LogP contribution >= 0.6 is 0 Å². The van der Waals surface area contributed by atoms with Gasteiger partial charge in [-0.05, 0) is 24.4 Å². The van der Waals surface area contributed by atoms with E-state index < -0.39 is 13.4 Å². The second-order valence-corrected chi connectivity index (χ2v) is 3.19. The van der Waals surface area contributed by atoms with E-state index in [1.807, 2.05) is 13.8 Å². The largest absolute Gasteiger partial charge is 0.397 e. The SMILES string of the molecule is [2H]C([2H])=C(c1ccnc(C(C)C)c1N)C([2H])([2H])[2H]. The van der Waals surface area contributed by atoms with Crippen LogP contribution in [0.4, 0.5) is 5.69 Å². The lowest BCUT2D eigenvalue weighted by Gasteiger charge is -2.11. The Morgan fingerprint density at radius 1 is 1.77 bits per heavy atom. The van der Waals surface area contributed by atoms with Crippen LogP contribution in [-0.2, 0) is 0 Å². The van der Waals surface area contributed by atoms with Crippen molar-refractivity contribution in [1.82, 2.24) is 4.98 Å². The third kappa shape index (κ3) is 1.89. The molecule has 0 unspecified atom stereocenters. The van der Waals surface area contributed by atoms with Crippen molar-refractivity contribution in [3.63, 3.8) is 0 Å². The highest BCUT2D eigenvalue weighted by Gasteiger charge is 2.09. The quantitative estimate of drug-likeness (QED) is 0.762. The topological polar surface area (TPSA) is 38.9 Å². The van der Waals surface area contributed by atoms with Crippen LogP contribution in [0.1, 0.15) is 44.7 Å². The van der Waals surface area contributed by atoms with E-state index in [1.54, 1.807) is 0 Å². The molecule has 2 N–H and O–H groups in total. The first-order valence-electron chi connectivity index (χ1n) is 6.59. The molecule has 1 aromatic rings. The Hall–Kier alpha value is -1.31. The van der Waals surface area contributed by atoms with Gasteiger partial charge in [0.25, 0.3) is 0 Å². The zero-order chi connectivity index (χ0) is 14.1. The molecule has 0 aliphatic heterocycles. The molecule has 0 saturated heterocycles. The molecular formula is C11H16N2. The normalized spacial score (nSPS) is 16.7. The van der Waals surface area contributed by atoms with E-state index >= 15 is 0 Å². The molecule has 0 spiro atoms. The number of pyridine rings is 1. The number of nitrogens with two attached hydrogens (primary N) is 1. The second-order valence-electron chi connectivity index (χ2n) is 3.19. The molecule has 0 aromatic carbocycles. The van der Waals surface area contributed by atoms with Crippen molar-refractivity contribution in [3.8, 4) is 0 Å². The van der Waals surface area contributed by atoms with Gasteiger partial charge in [-0.25, -0.2) is 0 Å². The maximum atomic E-state index is 7.39. The first kappa shape index (κ1) is 4.80. The van der Waals surface area contributed by atoms with Crippen LogP contribution < -0.4 is 5.73 Å². The summed E-state index contributed by atoms with van der Waals surface area (Å²) >= 11 is 0. The molecular weight excluding hydrogens is 160 g/mol. The zero-order valence-corrected chi connectivity index (χ0v) is 7.76. The molecule has 13 heavy (non-hydrogen) atoms. The van der Waals surface area contributed by atoms with Gasteiger partial charge in [0, 0.05) is 15.9 Å².